The van der Waals surface area contributed by atoms with Crippen LogP contribution in [0.5, 0.6) is 5.75 Å². The van der Waals surface area contributed by atoms with Gasteiger partial charge in [0.25, 0.3) is 5.69 Å². The van der Waals surface area contributed by atoms with Crippen LogP contribution in [0.15, 0.2) is 59.8 Å². The van der Waals surface area contributed by atoms with Gasteiger partial charge in [-0.15, -0.1) is 10.2 Å². The topological polar surface area (TPSA) is 100 Å². The highest BCUT2D eigenvalue weighted by atomic mass is 32.2. The summed E-state index contributed by atoms with van der Waals surface area (Å²) in [6.07, 6.45) is -0.313. The minimum atomic E-state index is -0.516. The number of Topliss-reactive ketones (excluding diaryl/α,β-unsaturated/α-hetero) is 1. The molecule has 8 nitrogen and oxygen atoms in total. The van der Waals surface area contributed by atoms with Crippen LogP contribution < -0.4 is 4.74 Å². The van der Waals surface area contributed by atoms with Gasteiger partial charge in [-0.05, 0) is 26.0 Å². The summed E-state index contributed by atoms with van der Waals surface area (Å²) in [6, 6.07) is 15.2. The maximum atomic E-state index is 12.4. The number of hydrogen-bond donors (Lipinski definition) is 0. The first-order valence-corrected chi connectivity index (χ1v) is 10.0. The van der Waals surface area contributed by atoms with E-state index in [4.69, 9.17) is 4.74 Å². The van der Waals surface area contributed by atoms with Gasteiger partial charge in [0.15, 0.2) is 22.9 Å². The van der Waals surface area contributed by atoms with E-state index in [-0.39, 0.29) is 23.3 Å². The van der Waals surface area contributed by atoms with E-state index in [1.165, 1.54) is 30.0 Å². The number of ether oxygens (including phenoxy) is 1. The van der Waals surface area contributed by atoms with Crippen molar-refractivity contribution >= 4 is 23.2 Å². The summed E-state index contributed by atoms with van der Waals surface area (Å²) in [5.74, 6) is 1.30. The largest absolute Gasteiger partial charge is 0.483 e. The zero-order valence-corrected chi connectivity index (χ0v) is 16.8. The van der Waals surface area contributed by atoms with Crippen molar-refractivity contribution in [2.75, 3.05) is 5.75 Å². The van der Waals surface area contributed by atoms with E-state index >= 15 is 0 Å². The highest BCUT2D eigenvalue weighted by molar-refractivity contribution is 7.99. The lowest BCUT2D eigenvalue weighted by Crippen LogP contribution is -2.12. The average molecular weight is 412 g/mol. The number of thioether (sulfide) groups is 1. The van der Waals surface area contributed by atoms with Crippen molar-refractivity contribution < 1.29 is 14.5 Å². The van der Waals surface area contributed by atoms with Gasteiger partial charge in [-0.25, -0.2) is 0 Å². The molecule has 0 fully saturated rings. The number of rotatable bonds is 9. The molecule has 1 aromatic heterocycles. The first kappa shape index (κ1) is 20.5. The Hall–Kier alpha value is -3.20. The molecule has 3 rings (SSSR count). The molecule has 0 bridgehead atoms. The number of aromatic nitrogens is 3. The molecule has 9 heteroatoms. The molecule has 2 aromatic carbocycles. The van der Waals surface area contributed by atoms with Crippen LogP contribution in [0.2, 0.25) is 0 Å². The summed E-state index contributed by atoms with van der Waals surface area (Å²) in [5, 5.41) is 19.9. The van der Waals surface area contributed by atoms with Crippen molar-refractivity contribution in [1.82, 2.24) is 14.8 Å². The fourth-order valence-electron chi connectivity index (χ4n) is 2.77. The molecule has 1 atom stereocenters. The van der Waals surface area contributed by atoms with E-state index < -0.39 is 4.92 Å². The van der Waals surface area contributed by atoms with Crippen LogP contribution in [-0.4, -0.2) is 31.2 Å². The number of carbonyl (C=O) groups excluding carboxylic acids is 1. The minimum Gasteiger partial charge on any atom is -0.483 e. The Morgan fingerprint density at radius 2 is 1.97 bits per heavy atom. The quantitative estimate of drug-likeness (QED) is 0.223. The molecular formula is C20H20N4O4S. The Balaban J connectivity index is 1.69. The summed E-state index contributed by atoms with van der Waals surface area (Å²) in [6.45, 7) is 4.48. The molecule has 0 saturated heterocycles. The fraction of sp³-hybridized carbons (Fsp3) is 0.250. The highest BCUT2D eigenvalue weighted by Crippen LogP contribution is 2.25. The summed E-state index contributed by atoms with van der Waals surface area (Å²) in [4.78, 5) is 22.8. The summed E-state index contributed by atoms with van der Waals surface area (Å²) >= 11 is 1.25. The number of benzene rings is 2. The number of nitro benzene ring substituents is 1. The molecular weight excluding hydrogens is 392 g/mol. The van der Waals surface area contributed by atoms with E-state index in [2.05, 4.69) is 10.2 Å². The van der Waals surface area contributed by atoms with Gasteiger partial charge in [0.1, 0.15) is 5.75 Å². The highest BCUT2D eigenvalue weighted by Gasteiger charge is 2.20. The molecule has 0 aliphatic rings. The van der Waals surface area contributed by atoms with Crippen molar-refractivity contribution in [3.63, 3.8) is 0 Å². The van der Waals surface area contributed by atoms with Gasteiger partial charge in [-0.1, -0.05) is 42.1 Å². The maximum absolute atomic E-state index is 12.4. The van der Waals surface area contributed by atoms with Gasteiger partial charge in [-0.2, -0.15) is 0 Å². The van der Waals surface area contributed by atoms with Crippen LogP contribution in [0, 0.1) is 10.1 Å². The predicted molar refractivity (Wildman–Crippen MR) is 109 cm³/mol. The Kier molecular flexibility index (Phi) is 6.61. The predicted octanol–water partition coefficient (Wildman–Crippen LogP) is 4.32. The smallest absolute Gasteiger partial charge is 0.270 e. The van der Waals surface area contributed by atoms with Crippen LogP contribution >= 0.6 is 11.8 Å². The van der Waals surface area contributed by atoms with Crippen LogP contribution in [-0.2, 0) is 6.54 Å². The SMILES string of the molecule is CCn1c(SCC(=O)c2cccc([N+](=O)[O-])c2)nnc1[C@@H](C)Oc1ccccc1. The maximum Gasteiger partial charge on any atom is 0.270 e. The molecule has 0 spiro atoms. The molecule has 0 amide bonds. The van der Waals surface area contributed by atoms with Crippen molar-refractivity contribution in [1.29, 1.82) is 0 Å². The van der Waals surface area contributed by atoms with Crippen molar-refractivity contribution in [3.8, 4) is 5.75 Å². The number of ketones is 1. The monoisotopic (exact) mass is 412 g/mol. The van der Waals surface area contributed by atoms with Gasteiger partial charge in [-0.3, -0.25) is 14.9 Å². The molecule has 150 valence electrons. The summed E-state index contributed by atoms with van der Waals surface area (Å²) in [5.41, 5.74) is 0.196. The van der Waals surface area contributed by atoms with Gasteiger partial charge < -0.3 is 9.30 Å². The van der Waals surface area contributed by atoms with E-state index in [9.17, 15) is 14.9 Å². The van der Waals surface area contributed by atoms with Gasteiger partial charge in [0.2, 0.25) is 0 Å². The van der Waals surface area contributed by atoms with E-state index in [0.717, 1.165) is 5.75 Å². The second kappa shape index (κ2) is 9.33. The second-order valence-electron chi connectivity index (χ2n) is 6.18. The zero-order chi connectivity index (χ0) is 20.8. The summed E-state index contributed by atoms with van der Waals surface area (Å²) < 4.78 is 7.83. The number of hydrogen-bond acceptors (Lipinski definition) is 7. The Labute approximate surface area is 172 Å². The Morgan fingerprint density at radius 3 is 2.66 bits per heavy atom. The minimum absolute atomic E-state index is 0.104. The average Bonchev–Trinajstić information content (AvgIpc) is 3.16. The number of non-ortho nitro benzene ring substituents is 1. The van der Waals surface area contributed by atoms with Crippen molar-refractivity contribution in [2.45, 2.75) is 31.7 Å². The van der Waals surface area contributed by atoms with E-state index in [1.54, 1.807) is 6.07 Å². The first-order chi connectivity index (χ1) is 14.0. The Morgan fingerprint density at radius 1 is 1.21 bits per heavy atom. The lowest BCUT2D eigenvalue weighted by Gasteiger charge is -2.15. The molecule has 0 N–H and O–H groups in total. The third-order valence-corrected chi connectivity index (χ3v) is 5.16. The number of carbonyl (C=O) groups is 1. The molecule has 29 heavy (non-hydrogen) atoms. The fourth-order valence-corrected chi connectivity index (χ4v) is 3.67. The molecule has 1 heterocycles. The van der Waals surface area contributed by atoms with Crippen LogP contribution in [0.25, 0.3) is 0 Å². The molecule has 3 aromatic rings. The molecule has 0 aliphatic heterocycles. The third-order valence-electron chi connectivity index (χ3n) is 4.19. The van der Waals surface area contributed by atoms with E-state index in [1.807, 2.05) is 48.7 Å². The molecule has 0 saturated carbocycles. The van der Waals surface area contributed by atoms with E-state index in [0.29, 0.717) is 23.1 Å². The second-order valence-corrected chi connectivity index (χ2v) is 7.12. The summed E-state index contributed by atoms with van der Waals surface area (Å²) in [7, 11) is 0. The first-order valence-electron chi connectivity index (χ1n) is 9.04. The number of nitro groups is 1. The standard InChI is InChI=1S/C20H20N4O4S/c1-3-23-19(14(2)28-17-10-5-4-6-11-17)21-22-20(23)29-13-18(25)15-8-7-9-16(12-15)24(26)27/h4-12,14H,3,13H2,1-2H3/t14-/m1/s1. The molecule has 0 aliphatic carbocycles. The molecule has 0 unspecified atom stereocenters. The number of nitrogens with zero attached hydrogens (tertiary/aromatic N) is 4. The molecule has 0 radical (unpaired) electrons. The third kappa shape index (κ3) is 5.00. The van der Waals surface area contributed by atoms with Crippen LogP contribution in [0.4, 0.5) is 5.69 Å². The normalized spacial score (nSPS) is 11.8. The zero-order valence-electron chi connectivity index (χ0n) is 16.0. The number of para-hydroxylation sites is 1. The van der Waals surface area contributed by atoms with Crippen LogP contribution in [0.3, 0.4) is 0 Å². The van der Waals surface area contributed by atoms with Gasteiger partial charge in [0, 0.05) is 24.2 Å². The van der Waals surface area contributed by atoms with Crippen LogP contribution in [0.1, 0.15) is 36.1 Å². The Bertz CT molecular complexity index is 1010. The lowest BCUT2D eigenvalue weighted by molar-refractivity contribution is -0.384. The lowest BCUT2D eigenvalue weighted by atomic mass is 10.1. The van der Waals surface area contributed by atoms with Crippen molar-refractivity contribution in [2.24, 2.45) is 0 Å². The van der Waals surface area contributed by atoms with Gasteiger partial charge in [0.05, 0.1) is 10.7 Å². The van der Waals surface area contributed by atoms with Crippen molar-refractivity contribution in [3.05, 3.63) is 76.1 Å². The van der Waals surface area contributed by atoms with Gasteiger partial charge >= 0.3 is 0 Å².